The van der Waals surface area contributed by atoms with Crippen molar-refractivity contribution in [3.8, 4) is 0 Å². The van der Waals surface area contributed by atoms with Crippen molar-refractivity contribution < 1.29 is 9.28 Å². The number of nitrogens with one attached hydrogen (secondary N) is 1. The molecule has 0 saturated carbocycles. The van der Waals surface area contributed by atoms with Gasteiger partial charge in [0.2, 0.25) is 0 Å². The third-order valence-electron chi connectivity index (χ3n) is 2.83. The van der Waals surface area contributed by atoms with Gasteiger partial charge in [0.25, 0.3) is 5.91 Å². The number of hydrogen-bond donors (Lipinski definition) is 1. The molecule has 2 rings (SSSR count). The summed E-state index contributed by atoms with van der Waals surface area (Å²) in [6.07, 6.45) is 1.69. The maximum atomic E-state index is 11.7. The molecule has 0 aliphatic rings. The second-order valence-electron chi connectivity index (χ2n) is 5.81. The Hall–Kier alpha value is -2.20. The molecule has 0 unspecified atom stereocenters. The summed E-state index contributed by atoms with van der Waals surface area (Å²) >= 11 is 0. The molecule has 0 saturated heterocycles. The SMILES string of the molecule is C[N+](C)(C)CC(=O)NN=Cc1cccc2ccccc12. The van der Waals surface area contributed by atoms with Crippen molar-refractivity contribution in [1.82, 2.24) is 5.43 Å². The maximum absolute atomic E-state index is 11.7. The molecular formula is C16H20N3O+. The van der Waals surface area contributed by atoms with Gasteiger partial charge in [0.15, 0.2) is 6.54 Å². The number of fused-ring (bicyclic) bond motifs is 1. The molecule has 4 heteroatoms. The lowest BCUT2D eigenvalue weighted by Crippen LogP contribution is -2.43. The standard InChI is InChI=1S/C16H19N3O/c1-19(2,3)12-16(20)18-17-11-14-9-6-8-13-7-4-5-10-15(13)14/h4-11H,12H2,1-3H3/p+1. The number of carbonyl (C=O) groups excluding carboxylic acids is 1. The first-order valence-electron chi connectivity index (χ1n) is 6.56. The van der Waals surface area contributed by atoms with Gasteiger partial charge in [-0.25, -0.2) is 5.43 Å². The lowest BCUT2D eigenvalue weighted by molar-refractivity contribution is -0.862. The molecule has 0 aliphatic heterocycles. The highest BCUT2D eigenvalue weighted by Crippen LogP contribution is 2.16. The van der Waals surface area contributed by atoms with E-state index >= 15 is 0 Å². The molecule has 4 nitrogen and oxygen atoms in total. The molecule has 104 valence electrons. The van der Waals surface area contributed by atoms with Crippen LogP contribution in [0.25, 0.3) is 10.8 Å². The van der Waals surface area contributed by atoms with Gasteiger partial charge in [0.1, 0.15) is 0 Å². The van der Waals surface area contributed by atoms with Crippen LogP contribution in [0.3, 0.4) is 0 Å². The summed E-state index contributed by atoms with van der Waals surface area (Å²) in [4.78, 5) is 11.7. The molecule has 0 spiro atoms. The Morgan fingerprint density at radius 1 is 1.15 bits per heavy atom. The van der Waals surface area contributed by atoms with Crippen LogP contribution in [0.1, 0.15) is 5.56 Å². The van der Waals surface area contributed by atoms with Gasteiger partial charge < -0.3 is 4.48 Å². The molecule has 1 N–H and O–H groups in total. The van der Waals surface area contributed by atoms with Crippen LogP contribution in [0.15, 0.2) is 47.6 Å². The van der Waals surface area contributed by atoms with E-state index in [9.17, 15) is 4.79 Å². The first kappa shape index (κ1) is 14.2. The first-order chi connectivity index (χ1) is 9.46. The van der Waals surface area contributed by atoms with Crippen LogP contribution in [0.2, 0.25) is 0 Å². The quantitative estimate of drug-likeness (QED) is 0.515. The van der Waals surface area contributed by atoms with E-state index in [0.29, 0.717) is 11.0 Å². The summed E-state index contributed by atoms with van der Waals surface area (Å²) in [5.74, 6) is -0.0889. The smallest absolute Gasteiger partial charge is 0.295 e. The van der Waals surface area contributed by atoms with Gasteiger partial charge in [-0.3, -0.25) is 4.79 Å². The lowest BCUT2D eigenvalue weighted by atomic mass is 10.1. The largest absolute Gasteiger partial charge is 0.323 e. The Balaban J connectivity index is 2.09. The number of nitrogens with zero attached hydrogens (tertiary/aromatic N) is 2. The lowest BCUT2D eigenvalue weighted by Gasteiger charge is -2.21. The number of likely N-dealkylation sites (N-methyl/N-ethyl adjacent to an activating group) is 1. The van der Waals surface area contributed by atoms with Crippen molar-refractivity contribution in [2.75, 3.05) is 27.7 Å². The fraction of sp³-hybridized carbons (Fsp3) is 0.250. The molecule has 2 aromatic rings. The van der Waals surface area contributed by atoms with Crippen LogP contribution in [0.4, 0.5) is 0 Å². The Labute approximate surface area is 119 Å². The predicted octanol–water partition coefficient (Wildman–Crippen LogP) is 2.00. The van der Waals surface area contributed by atoms with E-state index in [1.54, 1.807) is 6.21 Å². The van der Waals surface area contributed by atoms with E-state index in [4.69, 9.17) is 0 Å². The van der Waals surface area contributed by atoms with E-state index in [2.05, 4.69) is 22.7 Å². The highest BCUT2D eigenvalue weighted by Gasteiger charge is 2.13. The van der Waals surface area contributed by atoms with Crippen molar-refractivity contribution >= 4 is 22.9 Å². The van der Waals surface area contributed by atoms with Gasteiger partial charge in [-0.15, -0.1) is 0 Å². The van der Waals surface area contributed by atoms with E-state index in [1.807, 2.05) is 51.5 Å². The fourth-order valence-corrected chi connectivity index (χ4v) is 2.00. The van der Waals surface area contributed by atoms with Crippen molar-refractivity contribution in [1.29, 1.82) is 0 Å². The fourth-order valence-electron chi connectivity index (χ4n) is 2.00. The minimum absolute atomic E-state index is 0.0889. The zero-order valence-corrected chi connectivity index (χ0v) is 12.1. The van der Waals surface area contributed by atoms with E-state index in [0.717, 1.165) is 16.3 Å². The first-order valence-corrected chi connectivity index (χ1v) is 6.56. The third kappa shape index (κ3) is 3.90. The van der Waals surface area contributed by atoms with Crippen LogP contribution >= 0.6 is 0 Å². The summed E-state index contributed by atoms with van der Waals surface area (Å²) in [5, 5.41) is 6.33. The van der Waals surface area contributed by atoms with Gasteiger partial charge in [-0.05, 0) is 10.8 Å². The molecule has 0 heterocycles. The molecule has 0 radical (unpaired) electrons. The highest BCUT2D eigenvalue weighted by molar-refractivity contribution is 5.99. The van der Waals surface area contributed by atoms with E-state index in [-0.39, 0.29) is 5.91 Å². The second-order valence-corrected chi connectivity index (χ2v) is 5.81. The summed E-state index contributed by atoms with van der Waals surface area (Å²) < 4.78 is 0.579. The van der Waals surface area contributed by atoms with Gasteiger partial charge in [-0.1, -0.05) is 42.5 Å². The number of hydrazone groups is 1. The van der Waals surface area contributed by atoms with Crippen LogP contribution in [0.5, 0.6) is 0 Å². The number of amides is 1. The van der Waals surface area contributed by atoms with Crippen molar-refractivity contribution in [2.24, 2.45) is 5.10 Å². The zero-order valence-electron chi connectivity index (χ0n) is 12.1. The Morgan fingerprint density at radius 2 is 1.85 bits per heavy atom. The second kappa shape index (κ2) is 5.84. The van der Waals surface area contributed by atoms with Gasteiger partial charge in [0, 0.05) is 5.56 Å². The van der Waals surface area contributed by atoms with Crippen LogP contribution in [-0.4, -0.2) is 44.3 Å². The average molecular weight is 270 g/mol. The highest BCUT2D eigenvalue weighted by atomic mass is 16.2. The number of carbonyl (C=O) groups is 1. The van der Waals surface area contributed by atoms with E-state index in [1.165, 1.54) is 0 Å². The minimum atomic E-state index is -0.0889. The summed E-state index contributed by atoms with van der Waals surface area (Å²) in [7, 11) is 5.90. The summed E-state index contributed by atoms with van der Waals surface area (Å²) in [6.45, 7) is 0.396. The summed E-state index contributed by atoms with van der Waals surface area (Å²) in [6, 6.07) is 14.1. The molecule has 2 aromatic carbocycles. The van der Waals surface area contributed by atoms with Crippen LogP contribution < -0.4 is 5.43 Å². The van der Waals surface area contributed by atoms with Gasteiger partial charge in [0.05, 0.1) is 27.4 Å². The molecule has 0 fully saturated rings. The monoisotopic (exact) mass is 270 g/mol. The molecule has 20 heavy (non-hydrogen) atoms. The maximum Gasteiger partial charge on any atom is 0.295 e. The van der Waals surface area contributed by atoms with E-state index < -0.39 is 0 Å². The topological polar surface area (TPSA) is 41.5 Å². The number of quaternary nitrogens is 1. The Morgan fingerprint density at radius 3 is 2.60 bits per heavy atom. The normalized spacial score (nSPS) is 11.9. The number of benzene rings is 2. The minimum Gasteiger partial charge on any atom is -0.323 e. The molecular weight excluding hydrogens is 250 g/mol. The van der Waals surface area contributed by atoms with Gasteiger partial charge >= 0.3 is 0 Å². The predicted molar refractivity (Wildman–Crippen MR) is 82.6 cm³/mol. The molecule has 0 aromatic heterocycles. The third-order valence-corrected chi connectivity index (χ3v) is 2.83. The average Bonchev–Trinajstić information content (AvgIpc) is 2.37. The van der Waals surface area contributed by atoms with Crippen molar-refractivity contribution in [3.63, 3.8) is 0 Å². The van der Waals surface area contributed by atoms with Crippen molar-refractivity contribution in [3.05, 3.63) is 48.0 Å². The molecule has 1 amide bonds. The van der Waals surface area contributed by atoms with Crippen molar-refractivity contribution in [2.45, 2.75) is 0 Å². The molecule has 0 aliphatic carbocycles. The molecule has 0 bridgehead atoms. The van der Waals surface area contributed by atoms with Crippen LogP contribution in [-0.2, 0) is 4.79 Å². The zero-order chi connectivity index (χ0) is 14.6. The van der Waals surface area contributed by atoms with Gasteiger partial charge in [-0.2, -0.15) is 5.10 Å². The van der Waals surface area contributed by atoms with Crippen LogP contribution in [0, 0.1) is 0 Å². The number of rotatable bonds is 4. The Kier molecular flexibility index (Phi) is 4.15. The Bertz CT molecular complexity index is 636. The number of hydrogen-bond acceptors (Lipinski definition) is 2. The molecule has 0 atom stereocenters. The summed E-state index contributed by atoms with van der Waals surface area (Å²) in [5.41, 5.74) is 3.56.